The van der Waals surface area contributed by atoms with Crippen molar-refractivity contribution in [3.8, 4) is 11.5 Å². The van der Waals surface area contributed by atoms with Gasteiger partial charge in [0.1, 0.15) is 24.7 Å². The number of hydrazone groups is 1. The third kappa shape index (κ3) is 5.13. The van der Waals surface area contributed by atoms with E-state index in [1.54, 1.807) is 48.5 Å². The zero-order valence-corrected chi connectivity index (χ0v) is 16.3. The van der Waals surface area contributed by atoms with Crippen LogP contribution in [0.4, 0.5) is 5.69 Å². The zero-order valence-electron chi connectivity index (χ0n) is 16.3. The van der Waals surface area contributed by atoms with Gasteiger partial charge in [-0.2, -0.15) is 5.10 Å². The number of carboxylic acids is 1. The lowest BCUT2D eigenvalue weighted by atomic mass is 10.1. The lowest BCUT2D eigenvalue weighted by Gasteiger charge is -2.28. The van der Waals surface area contributed by atoms with Gasteiger partial charge in [-0.15, -0.1) is 0 Å². The van der Waals surface area contributed by atoms with Gasteiger partial charge in [-0.3, -0.25) is 14.5 Å². The number of fused-ring (bicyclic) bond motifs is 1. The van der Waals surface area contributed by atoms with Crippen LogP contribution in [0.3, 0.4) is 0 Å². The number of nitrogens with one attached hydrogen (secondary N) is 1. The van der Waals surface area contributed by atoms with E-state index in [2.05, 4.69) is 10.5 Å². The van der Waals surface area contributed by atoms with Crippen LogP contribution in [0.5, 0.6) is 11.5 Å². The van der Waals surface area contributed by atoms with Crippen LogP contribution in [0, 0.1) is 0 Å². The van der Waals surface area contributed by atoms with Crippen LogP contribution in [0.2, 0.25) is 0 Å². The van der Waals surface area contributed by atoms with Gasteiger partial charge in [-0.05, 0) is 48.4 Å². The minimum absolute atomic E-state index is 0.125. The van der Waals surface area contributed by atoms with Gasteiger partial charge in [0.2, 0.25) is 0 Å². The van der Waals surface area contributed by atoms with E-state index >= 15 is 0 Å². The molecule has 0 aliphatic carbocycles. The van der Waals surface area contributed by atoms with E-state index in [0.29, 0.717) is 29.3 Å². The van der Waals surface area contributed by atoms with E-state index in [0.717, 1.165) is 5.56 Å². The first-order chi connectivity index (χ1) is 14.5. The Morgan fingerprint density at radius 2 is 1.93 bits per heavy atom. The number of hydrogen-bond donors (Lipinski definition) is 1. The highest BCUT2D eigenvalue weighted by Gasteiger charge is 2.26. The van der Waals surface area contributed by atoms with Gasteiger partial charge in [0.05, 0.1) is 17.4 Å². The summed E-state index contributed by atoms with van der Waals surface area (Å²) in [5.74, 6) is -1.13. The molecule has 3 rings (SSSR count). The number of carbonyl (C=O) groups excluding carboxylic acids is 3. The number of amides is 2. The third-order valence-corrected chi connectivity index (χ3v) is 4.30. The minimum atomic E-state index is -1.31. The molecule has 1 N–H and O–H groups in total. The van der Waals surface area contributed by atoms with Crippen molar-refractivity contribution in [3.63, 3.8) is 0 Å². The van der Waals surface area contributed by atoms with E-state index < -0.39 is 18.5 Å². The molecule has 2 amide bonds. The van der Waals surface area contributed by atoms with E-state index in [1.807, 2.05) is 6.92 Å². The largest absolute Gasteiger partial charge is 0.546 e. The quantitative estimate of drug-likeness (QED) is 0.499. The fourth-order valence-corrected chi connectivity index (χ4v) is 2.87. The molecule has 0 fully saturated rings. The highest BCUT2D eigenvalue weighted by atomic mass is 16.5. The number of nitrogens with zero attached hydrogens (tertiary/aromatic N) is 2. The van der Waals surface area contributed by atoms with Gasteiger partial charge in [0.15, 0.2) is 6.61 Å². The smallest absolute Gasteiger partial charge is 0.265 e. The first-order valence-electron chi connectivity index (χ1n) is 9.28. The van der Waals surface area contributed by atoms with Crippen molar-refractivity contribution in [2.24, 2.45) is 5.10 Å². The fourth-order valence-electron chi connectivity index (χ4n) is 2.87. The Balaban J connectivity index is 1.64. The standard InChI is InChI=1S/C21H21N3O6/c1-2-16(14-7-9-15(10-8-14)29-13-21(27)28)22-23-19(25)11-24-17-5-3-4-6-18(17)30-12-20(24)26/h3-10H,2,11-13H2,1H3,(H,23,25)(H,27,28)/p-1/b22-16-. The van der Waals surface area contributed by atoms with E-state index in [9.17, 15) is 19.5 Å². The number of anilines is 1. The molecule has 1 heterocycles. The summed E-state index contributed by atoms with van der Waals surface area (Å²) in [4.78, 5) is 36.4. The van der Waals surface area contributed by atoms with Crippen LogP contribution < -0.4 is 24.9 Å². The number of carboxylic acid groups (broad SMARTS) is 1. The van der Waals surface area contributed by atoms with E-state index in [4.69, 9.17) is 9.47 Å². The maximum absolute atomic E-state index is 12.4. The second kappa shape index (κ2) is 9.55. The lowest BCUT2D eigenvalue weighted by molar-refractivity contribution is -0.307. The Morgan fingerprint density at radius 1 is 1.20 bits per heavy atom. The van der Waals surface area contributed by atoms with Crippen LogP contribution >= 0.6 is 0 Å². The summed E-state index contributed by atoms with van der Waals surface area (Å²) >= 11 is 0. The Bertz CT molecular complexity index is 971. The molecule has 0 spiro atoms. The molecular weight excluding hydrogens is 390 g/mol. The first-order valence-corrected chi connectivity index (χ1v) is 9.28. The predicted octanol–water partition coefficient (Wildman–Crippen LogP) is 0.471. The maximum atomic E-state index is 12.4. The molecule has 2 aromatic carbocycles. The molecule has 9 heteroatoms. The summed E-state index contributed by atoms with van der Waals surface area (Å²) in [6.07, 6.45) is 0.541. The monoisotopic (exact) mass is 410 g/mol. The SMILES string of the molecule is CC/C(=N/NC(=O)CN1C(=O)COc2ccccc21)c1ccc(OCC(=O)[O-])cc1. The number of rotatable bonds is 8. The zero-order chi connectivity index (χ0) is 21.5. The molecule has 9 nitrogen and oxygen atoms in total. The number of ether oxygens (including phenoxy) is 2. The van der Waals surface area contributed by atoms with Crippen LogP contribution in [0.1, 0.15) is 18.9 Å². The number of carbonyl (C=O) groups is 3. The molecule has 0 saturated heterocycles. The van der Waals surface area contributed by atoms with Crippen LogP contribution in [-0.4, -0.2) is 43.3 Å². The molecule has 0 atom stereocenters. The molecule has 0 saturated carbocycles. The summed E-state index contributed by atoms with van der Waals surface area (Å²) in [6, 6.07) is 13.6. The molecule has 1 aliphatic heterocycles. The van der Waals surface area contributed by atoms with Crippen LogP contribution in [0.25, 0.3) is 0 Å². The minimum Gasteiger partial charge on any atom is -0.546 e. The second-order valence-corrected chi connectivity index (χ2v) is 6.37. The molecule has 0 bridgehead atoms. The summed E-state index contributed by atoms with van der Waals surface area (Å²) in [5.41, 5.74) is 4.38. The molecule has 156 valence electrons. The number of aliphatic carboxylic acids is 1. The maximum Gasteiger partial charge on any atom is 0.265 e. The van der Waals surface area contributed by atoms with Crippen LogP contribution in [-0.2, 0) is 14.4 Å². The van der Waals surface area contributed by atoms with Crippen molar-refractivity contribution in [1.82, 2.24) is 5.43 Å². The lowest BCUT2D eigenvalue weighted by Crippen LogP contribution is -2.44. The van der Waals surface area contributed by atoms with Crippen molar-refractivity contribution in [3.05, 3.63) is 54.1 Å². The molecule has 0 radical (unpaired) electrons. The highest BCUT2D eigenvalue weighted by Crippen LogP contribution is 2.31. The van der Waals surface area contributed by atoms with Crippen molar-refractivity contribution in [2.75, 3.05) is 24.7 Å². The van der Waals surface area contributed by atoms with Crippen molar-refractivity contribution < 1.29 is 29.0 Å². The Labute approximate surface area is 172 Å². The van der Waals surface area contributed by atoms with Gasteiger partial charge in [-0.25, -0.2) is 5.43 Å². The molecule has 2 aromatic rings. The first kappa shape index (κ1) is 20.8. The average Bonchev–Trinajstić information content (AvgIpc) is 2.75. The number of benzene rings is 2. The predicted molar refractivity (Wildman–Crippen MR) is 106 cm³/mol. The van der Waals surface area contributed by atoms with Gasteiger partial charge in [0, 0.05) is 0 Å². The van der Waals surface area contributed by atoms with Crippen molar-refractivity contribution in [2.45, 2.75) is 13.3 Å². The van der Waals surface area contributed by atoms with Gasteiger partial charge in [0.25, 0.3) is 11.8 Å². The average molecular weight is 410 g/mol. The number of para-hydroxylation sites is 2. The third-order valence-electron chi connectivity index (χ3n) is 4.30. The Morgan fingerprint density at radius 3 is 2.63 bits per heavy atom. The normalized spacial score (nSPS) is 13.3. The molecule has 0 unspecified atom stereocenters. The van der Waals surface area contributed by atoms with Crippen molar-refractivity contribution in [1.29, 1.82) is 0 Å². The summed E-state index contributed by atoms with van der Waals surface area (Å²) < 4.78 is 10.4. The van der Waals surface area contributed by atoms with Gasteiger partial charge >= 0.3 is 0 Å². The summed E-state index contributed by atoms with van der Waals surface area (Å²) in [5, 5.41) is 14.6. The summed E-state index contributed by atoms with van der Waals surface area (Å²) in [6.45, 7) is 1.04. The van der Waals surface area contributed by atoms with Gasteiger partial charge < -0.3 is 19.4 Å². The molecule has 1 aliphatic rings. The summed E-state index contributed by atoms with van der Waals surface area (Å²) in [7, 11) is 0. The number of hydrogen-bond acceptors (Lipinski definition) is 7. The molecule has 0 aromatic heterocycles. The topological polar surface area (TPSA) is 120 Å². The van der Waals surface area contributed by atoms with Crippen molar-refractivity contribution >= 4 is 29.2 Å². The van der Waals surface area contributed by atoms with Gasteiger partial charge in [-0.1, -0.05) is 19.1 Å². The van der Waals surface area contributed by atoms with E-state index in [1.165, 1.54) is 4.90 Å². The van der Waals surface area contributed by atoms with Crippen LogP contribution in [0.15, 0.2) is 53.6 Å². The van der Waals surface area contributed by atoms with E-state index in [-0.39, 0.29) is 19.1 Å². The highest BCUT2D eigenvalue weighted by molar-refractivity contribution is 6.03. The fraction of sp³-hybridized carbons (Fsp3) is 0.238. The molecular formula is C21H20N3O6-. The Kier molecular flexibility index (Phi) is 6.63. The Hall–Kier alpha value is -3.88. The molecule has 30 heavy (non-hydrogen) atoms. The second-order valence-electron chi connectivity index (χ2n) is 6.37.